The lowest BCUT2D eigenvalue weighted by molar-refractivity contribution is 0.415. The molecular weight excluding hydrogens is 233 g/mol. The normalized spacial score (nSPS) is 10.4. The van der Waals surface area contributed by atoms with Crippen molar-refractivity contribution in [1.82, 2.24) is 9.97 Å². The lowest BCUT2D eigenvalue weighted by Crippen LogP contribution is -2.00. The zero-order valence-electron chi connectivity index (χ0n) is 10.1. The third kappa shape index (κ3) is 2.62. The lowest BCUT2D eigenvalue weighted by atomic mass is 10.2. The summed E-state index contributed by atoms with van der Waals surface area (Å²) in [6, 6.07) is 7.12. The molecule has 0 bridgehead atoms. The van der Waals surface area contributed by atoms with E-state index in [0.717, 1.165) is 5.56 Å². The average molecular weight is 247 g/mol. The standard InChI is InChI=1S/C13H14FN3O/c1-2-11-12(14)13(17-8-16-11)18-10-5-3-9(7-15)4-6-10/h3-6,8H,2,7,15H2,1H3. The van der Waals surface area contributed by atoms with Gasteiger partial charge < -0.3 is 10.5 Å². The summed E-state index contributed by atoms with van der Waals surface area (Å²) >= 11 is 0. The third-order valence-electron chi connectivity index (χ3n) is 2.54. The molecule has 0 radical (unpaired) electrons. The Morgan fingerprint density at radius 1 is 1.22 bits per heavy atom. The minimum absolute atomic E-state index is 0.0534. The molecule has 0 saturated heterocycles. The number of nitrogens with zero attached hydrogens (tertiary/aromatic N) is 2. The van der Waals surface area contributed by atoms with Gasteiger partial charge in [0.05, 0.1) is 5.69 Å². The van der Waals surface area contributed by atoms with Gasteiger partial charge in [0.25, 0.3) is 5.88 Å². The van der Waals surface area contributed by atoms with Crippen LogP contribution in [-0.4, -0.2) is 9.97 Å². The van der Waals surface area contributed by atoms with Gasteiger partial charge in [-0.25, -0.2) is 4.98 Å². The van der Waals surface area contributed by atoms with Crippen molar-refractivity contribution in [3.63, 3.8) is 0 Å². The Hall–Kier alpha value is -2.01. The minimum Gasteiger partial charge on any atom is -0.436 e. The number of hydrogen-bond donors (Lipinski definition) is 1. The fraction of sp³-hybridized carbons (Fsp3) is 0.231. The van der Waals surface area contributed by atoms with Crippen LogP contribution in [0.5, 0.6) is 11.6 Å². The fourth-order valence-electron chi connectivity index (χ4n) is 1.51. The van der Waals surface area contributed by atoms with Crippen molar-refractivity contribution in [3.05, 3.63) is 47.7 Å². The largest absolute Gasteiger partial charge is 0.436 e. The number of aromatic nitrogens is 2. The molecule has 1 heterocycles. The van der Waals surface area contributed by atoms with E-state index in [1.165, 1.54) is 6.33 Å². The average Bonchev–Trinajstić information content (AvgIpc) is 2.42. The summed E-state index contributed by atoms with van der Waals surface area (Å²) in [6.07, 6.45) is 1.79. The van der Waals surface area contributed by atoms with Crippen molar-refractivity contribution in [1.29, 1.82) is 0 Å². The molecule has 2 N–H and O–H groups in total. The zero-order chi connectivity index (χ0) is 13.0. The number of nitrogens with two attached hydrogens (primary N) is 1. The van der Waals surface area contributed by atoms with Crippen molar-refractivity contribution in [3.8, 4) is 11.6 Å². The molecule has 5 heteroatoms. The van der Waals surface area contributed by atoms with Crippen LogP contribution in [-0.2, 0) is 13.0 Å². The van der Waals surface area contributed by atoms with Gasteiger partial charge in [-0.1, -0.05) is 19.1 Å². The van der Waals surface area contributed by atoms with Gasteiger partial charge in [0, 0.05) is 6.54 Å². The van der Waals surface area contributed by atoms with Crippen molar-refractivity contribution < 1.29 is 9.13 Å². The second kappa shape index (κ2) is 5.55. The Labute approximate surface area is 105 Å². The topological polar surface area (TPSA) is 61.0 Å². The van der Waals surface area contributed by atoms with E-state index in [2.05, 4.69) is 9.97 Å². The van der Waals surface area contributed by atoms with Gasteiger partial charge in [-0.15, -0.1) is 0 Å². The van der Waals surface area contributed by atoms with Crippen LogP contribution in [0.4, 0.5) is 4.39 Å². The van der Waals surface area contributed by atoms with Crippen LogP contribution in [0.25, 0.3) is 0 Å². The third-order valence-corrected chi connectivity index (χ3v) is 2.54. The van der Waals surface area contributed by atoms with E-state index in [-0.39, 0.29) is 5.88 Å². The fourth-order valence-corrected chi connectivity index (χ4v) is 1.51. The van der Waals surface area contributed by atoms with E-state index in [1.54, 1.807) is 12.1 Å². The van der Waals surface area contributed by atoms with E-state index in [1.807, 2.05) is 19.1 Å². The van der Waals surface area contributed by atoms with E-state index < -0.39 is 5.82 Å². The molecule has 2 aromatic rings. The molecule has 0 aliphatic rings. The predicted octanol–water partition coefficient (Wildman–Crippen LogP) is 2.43. The van der Waals surface area contributed by atoms with Crippen LogP contribution in [0, 0.1) is 5.82 Å². The van der Waals surface area contributed by atoms with Crippen LogP contribution >= 0.6 is 0 Å². The van der Waals surface area contributed by atoms with Gasteiger partial charge in [-0.3, -0.25) is 0 Å². The highest BCUT2D eigenvalue weighted by atomic mass is 19.1. The van der Waals surface area contributed by atoms with Crippen LogP contribution < -0.4 is 10.5 Å². The second-order valence-corrected chi connectivity index (χ2v) is 3.74. The number of aryl methyl sites for hydroxylation is 1. The first-order valence-electron chi connectivity index (χ1n) is 5.70. The molecule has 0 aliphatic heterocycles. The SMILES string of the molecule is CCc1ncnc(Oc2ccc(CN)cc2)c1F. The van der Waals surface area contributed by atoms with E-state index in [0.29, 0.717) is 24.4 Å². The highest BCUT2D eigenvalue weighted by Gasteiger charge is 2.11. The minimum atomic E-state index is -0.511. The summed E-state index contributed by atoms with van der Waals surface area (Å²) < 4.78 is 19.2. The first kappa shape index (κ1) is 12.4. The monoisotopic (exact) mass is 247 g/mol. The van der Waals surface area contributed by atoms with Gasteiger partial charge in [-0.05, 0) is 24.1 Å². The molecule has 0 fully saturated rings. The molecule has 0 aliphatic carbocycles. The zero-order valence-corrected chi connectivity index (χ0v) is 10.1. The molecule has 1 aromatic heterocycles. The Kier molecular flexibility index (Phi) is 3.84. The maximum absolute atomic E-state index is 13.8. The van der Waals surface area contributed by atoms with Crippen molar-refractivity contribution in [2.75, 3.05) is 0 Å². The number of hydrogen-bond acceptors (Lipinski definition) is 4. The first-order chi connectivity index (χ1) is 8.74. The van der Waals surface area contributed by atoms with Gasteiger partial charge >= 0.3 is 0 Å². The number of rotatable bonds is 4. The van der Waals surface area contributed by atoms with Gasteiger partial charge in [-0.2, -0.15) is 9.37 Å². The van der Waals surface area contributed by atoms with Crippen molar-refractivity contribution >= 4 is 0 Å². The lowest BCUT2D eigenvalue weighted by Gasteiger charge is -2.07. The summed E-state index contributed by atoms with van der Waals surface area (Å²) in [4.78, 5) is 7.64. The van der Waals surface area contributed by atoms with Crippen molar-refractivity contribution in [2.24, 2.45) is 5.73 Å². The maximum atomic E-state index is 13.8. The quantitative estimate of drug-likeness (QED) is 0.901. The molecule has 0 atom stereocenters. The molecule has 94 valence electrons. The van der Waals surface area contributed by atoms with Crippen LogP contribution in [0.15, 0.2) is 30.6 Å². The van der Waals surface area contributed by atoms with Gasteiger partial charge in [0.2, 0.25) is 5.82 Å². The van der Waals surface area contributed by atoms with Gasteiger partial charge in [0.1, 0.15) is 12.1 Å². The smallest absolute Gasteiger partial charge is 0.259 e. The second-order valence-electron chi connectivity index (χ2n) is 3.74. The van der Waals surface area contributed by atoms with E-state index in [4.69, 9.17) is 10.5 Å². The molecule has 2 rings (SSSR count). The molecule has 0 amide bonds. The van der Waals surface area contributed by atoms with E-state index in [9.17, 15) is 4.39 Å². The first-order valence-corrected chi connectivity index (χ1v) is 5.70. The maximum Gasteiger partial charge on any atom is 0.259 e. The molecule has 1 aromatic carbocycles. The van der Waals surface area contributed by atoms with Gasteiger partial charge in [0.15, 0.2) is 0 Å². The molecule has 18 heavy (non-hydrogen) atoms. The predicted molar refractivity (Wildman–Crippen MR) is 65.8 cm³/mol. The Morgan fingerprint density at radius 3 is 2.56 bits per heavy atom. The number of halogens is 1. The Balaban J connectivity index is 2.22. The Bertz CT molecular complexity index is 528. The number of benzene rings is 1. The molecular formula is C13H14FN3O. The highest BCUT2D eigenvalue weighted by Crippen LogP contribution is 2.23. The molecule has 4 nitrogen and oxygen atoms in total. The summed E-state index contributed by atoms with van der Waals surface area (Å²) in [6.45, 7) is 2.29. The van der Waals surface area contributed by atoms with Crippen molar-refractivity contribution in [2.45, 2.75) is 19.9 Å². The summed E-state index contributed by atoms with van der Waals surface area (Å²) in [5, 5.41) is 0. The van der Waals surface area contributed by atoms with E-state index >= 15 is 0 Å². The summed E-state index contributed by atoms with van der Waals surface area (Å²) in [7, 11) is 0. The molecule has 0 spiro atoms. The molecule has 0 unspecified atom stereocenters. The van der Waals surface area contributed by atoms with Crippen LogP contribution in [0.3, 0.4) is 0 Å². The van der Waals surface area contributed by atoms with Crippen LogP contribution in [0.2, 0.25) is 0 Å². The highest BCUT2D eigenvalue weighted by molar-refractivity contribution is 5.31. The number of ether oxygens (including phenoxy) is 1. The Morgan fingerprint density at radius 2 is 1.94 bits per heavy atom. The summed E-state index contributed by atoms with van der Waals surface area (Å²) in [5.41, 5.74) is 6.82. The summed E-state index contributed by atoms with van der Waals surface area (Å²) in [5.74, 6) is -0.0443. The molecule has 0 saturated carbocycles. The van der Waals surface area contributed by atoms with Crippen LogP contribution in [0.1, 0.15) is 18.2 Å².